The van der Waals surface area contributed by atoms with Gasteiger partial charge in [0, 0.05) is 30.8 Å². The van der Waals surface area contributed by atoms with Crippen LogP contribution >= 0.6 is 22.9 Å². The third kappa shape index (κ3) is 4.03. The highest BCUT2D eigenvalue weighted by atomic mass is 35.5. The number of thiophene rings is 1. The molecule has 1 aliphatic rings. The molecule has 3 rings (SSSR count). The molecule has 9 heteroatoms. The lowest BCUT2D eigenvalue weighted by Gasteiger charge is -2.31. The van der Waals surface area contributed by atoms with Crippen molar-refractivity contribution in [1.29, 1.82) is 0 Å². The summed E-state index contributed by atoms with van der Waals surface area (Å²) in [6.45, 7) is 1.02. The molecule has 1 aromatic heterocycles. The molecule has 0 aliphatic carbocycles. The summed E-state index contributed by atoms with van der Waals surface area (Å²) >= 11 is 7.18. The fourth-order valence-electron chi connectivity index (χ4n) is 2.88. The number of nitrogens with one attached hydrogen (secondary N) is 1. The van der Waals surface area contributed by atoms with Crippen LogP contribution in [0.25, 0.3) is 0 Å². The van der Waals surface area contributed by atoms with Crippen LogP contribution in [0.15, 0.2) is 35.7 Å². The van der Waals surface area contributed by atoms with Crippen molar-refractivity contribution in [2.24, 2.45) is 5.92 Å². The van der Waals surface area contributed by atoms with Crippen LogP contribution in [0.3, 0.4) is 0 Å². The molecule has 0 unspecified atom stereocenters. The molecule has 0 bridgehead atoms. The van der Waals surface area contributed by atoms with Gasteiger partial charge in [0.2, 0.25) is 5.91 Å². The predicted octanol–water partition coefficient (Wildman–Crippen LogP) is 3.80. The normalized spacial score (nSPS) is 14.9. The summed E-state index contributed by atoms with van der Waals surface area (Å²) in [6, 6.07) is 7.79. The number of likely N-dealkylation sites (tertiary alicyclic amines) is 1. The molecule has 0 spiro atoms. The number of nitrogens with zero attached hydrogens (tertiary/aromatic N) is 2. The zero-order valence-electron chi connectivity index (χ0n) is 13.7. The average molecular weight is 394 g/mol. The Bertz CT molecular complexity index is 833. The van der Waals surface area contributed by atoms with Crippen LogP contribution in [0.5, 0.6) is 0 Å². The molecule has 1 aliphatic heterocycles. The van der Waals surface area contributed by atoms with E-state index in [-0.39, 0.29) is 28.4 Å². The smallest absolute Gasteiger partial charge is 0.289 e. The molecular formula is C17H16ClN3O4S. The molecule has 2 heterocycles. The van der Waals surface area contributed by atoms with Gasteiger partial charge in [0.25, 0.3) is 11.6 Å². The second-order valence-corrected chi connectivity index (χ2v) is 7.31. The highest BCUT2D eigenvalue weighted by Crippen LogP contribution is 2.28. The van der Waals surface area contributed by atoms with Gasteiger partial charge in [-0.2, -0.15) is 0 Å². The first kappa shape index (κ1) is 18.3. The molecule has 1 fully saturated rings. The Balaban J connectivity index is 1.58. The van der Waals surface area contributed by atoms with Crippen molar-refractivity contribution < 1.29 is 14.5 Å². The predicted molar refractivity (Wildman–Crippen MR) is 99.7 cm³/mol. The van der Waals surface area contributed by atoms with E-state index in [9.17, 15) is 19.7 Å². The summed E-state index contributed by atoms with van der Waals surface area (Å²) in [7, 11) is 0. The molecule has 1 saturated heterocycles. The maximum absolute atomic E-state index is 12.4. The number of carbonyl (C=O) groups excluding carboxylic acids is 2. The molecule has 0 atom stereocenters. The molecule has 0 radical (unpaired) electrons. The number of nitro benzene ring substituents is 1. The second-order valence-electron chi connectivity index (χ2n) is 5.96. The summed E-state index contributed by atoms with van der Waals surface area (Å²) in [6.07, 6.45) is 1.11. The van der Waals surface area contributed by atoms with E-state index < -0.39 is 4.92 Å². The molecule has 136 valence electrons. The van der Waals surface area contributed by atoms with Gasteiger partial charge >= 0.3 is 0 Å². The topological polar surface area (TPSA) is 92.5 Å². The standard InChI is InChI=1S/C17H16ClN3O4S/c18-13-4-3-12(10-14(13)21(24)25)19-16(22)11-5-7-20(8-6-11)17(23)15-2-1-9-26-15/h1-4,9-11H,5-8H2,(H,19,22). The van der Waals surface area contributed by atoms with Gasteiger partial charge in [-0.05, 0) is 36.4 Å². The van der Waals surface area contributed by atoms with Crippen LogP contribution < -0.4 is 5.32 Å². The van der Waals surface area contributed by atoms with Crippen molar-refractivity contribution in [1.82, 2.24) is 4.90 Å². The van der Waals surface area contributed by atoms with E-state index in [1.54, 1.807) is 11.0 Å². The van der Waals surface area contributed by atoms with E-state index in [2.05, 4.69) is 5.32 Å². The highest BCUT2D eigenvalue weighted by Gasteiger charge is 2.28. The van der Waals surface area contributed by atoms with Gasteiger partial charge in [-0.25, -0.2) is 0 Å². The number of nitro groups is 1. The minimum absolute atomic E-state index is 0.00724. The number of carbonyl (C=O) groups is 2. The maximum Gasteiger partial charge on any atom is 0.289 e. The summed E-state index contributed by atoms with van der Waals surface area (Å²) in [5.74, 6) is -0.450. The van der Waals surface area contributed by atoms with E-state index in [0.29, 0.717) is 36.5 Å². The lowest BCUT2D eigenvalue weighted by molar-refractivity contribution is -0.384. The van der Waals surface area contributed by atoms with Crippen LogP contribution in [-0.2, 0) is 4.79 Å². The lowest BCUT2D eigenvalue weighted by atomic mass is 9.95. The van der Waals surface area contributed by atoms with Gasteiger partial charge in [-0.15, -0.1) is 11.3 Å². The molecule has 2 aromatic rings. The van der Waals surface area contributed by atoms with Crippen LogP contribution in [-0.4, -0.2) is 34.7 Å². The first-order valence-electron chi connectivity index (χ1n) is 8.03. The van der Waals surface area contributed by atoms with E-state index in [1.807, 2.05) is 11.4 Å². The summed E-state index contributed by atoms with van der Waals surface area (Å²) < 4.78 is 0. The Morgan fingerprint density at radius 2 is 2.00 bits per heavy atom. The number of hydrogen-bond donors (Lipinski definition) is 1. The van der Waals surface area contributed by atoms with Gasteiger partial charge in [-0.1, -0.05) is 17.7 Å². The largest absolute Gasteiger partial charge is 0.338 e. The van der Waals surface area contributed by atoms with E-state index >= 15 is 0 Å². The molecule has 2 amide bonds. The second kappa shape index (κ2) is 7.84. The average Bonchev–Trinajstić information content (AvgIpc) is 3.17. The minimum atomic E-state index is -0.591. The number of rotatable bonds is 4. The molecule has 1 aromatic carbocycles. The summed E-state index contributed by atoms with van der Waals surface area (Å²) in [5.41, 5.74) is 0.0871. The van der Waals surface area contributed by atoms with Crippen LogP contribution in [0.1, 0.15) is 22.5 Å². The number of hydrogen-bond acceptors (Lipinski definition) is 5. The highest BCUT2D eigenvalue weighted by molar-refractivity contribution is 7.12. The van der Waals surface area contributed by atoms with Crippen molar-refractivity contribution in [3.8, 4) is 0 Å². The number of halogens is 1. The number of amides is 2. The lowest BCUT2D eigenvalue weighted by Crippen LogP contribution is -2.41. The summed E-state index contributed by atoms with van der Waals surface area (Å²) in [4.78, 5) is 37.5. The number of anilines is 1. The van der Waals surface area contributed by atoms with Crippen molar-refractivity contribution >= 4 is 46.1 Å². The van der Waals surface area contributed by atoms with Gasteiger partial charge in [0.15, 0.2) is 0 Å². The van der Waals surface area contributed by atoms with Gasteiger partial charge < -0.3 is 10.2 Å². The van der Waals surface area contributed by atoms with Crippen LogP contribution in [0, 0.1) is 16.0 Å². The Hall–Kier alpha value is -2.45. The van der Waals surface area contributed by atoms with Crippen molar-refractivity contribution in [2.45, 2.75) is 12.8 Å². The quantitative estimate of drug-likeness (QED) is 0.631. The fraction of sp³-hybridized carbons (Fsp3) is 0.294. The SMILES string of the molecule is O=C(Nc1ccc(Cl)c([N+](=O)[O-])c1)C1CCN(C(=O)c2cccs2)CC1. The van der Waals surface area contributed by atoms with Crippen molar-refractivity contribution in [3.05, 3.63) is 55.7 Å². The summed E-state index contributed by atoms with van der Waals surface area (Å²) in [5, 5.41) is 15.5. The molecule has 7 nitrogen and oxygen atoms in total. The third-order valence-corrected chi connectivity index (χ3v) is 5.47. The third-order valence-electron chi connectivity index (χ3n) is 4.30. The fourth-order valence-corrected chi connectivity index (χ4v) is 3.75. The van der Waals surface area contributed by atoms with E-state index in [4.69, 9.17) is 11.6 Å². The van der Waals surface area contributed by atoms with Crippen LogP contribution in [0.4, 0.5) is 11.4 Å². The molecule has 0 saturated carbocycles. The number of piperidine rings is 1. The van der Waals surface area contributed by atoms with Gasteiger partial charge in [0.1, 0.15) is 5.02 Å². The van der Waals surface area contributed by atoms with Crippen molar-refractivity contribution in [3.63, 3.8) is 0 Å². The van der Waals surface area contributed by atoms with E-state index in [1.165, 1.54) is 29.5 Å². The van der Waals surface area contributed by atoms with Gasteiger partial charge in [0.05, 0.1) is 9.80 Å². The zero-order valence-corrected chi connectivity index (χ0v) is 15.3. The maximum atomic E-state index is 12.4. The monoisotopic (exact) mass is 393 g/mol. The molecule has 1 N–H and O–H groups in total. The number of benzene rings is 1. The van der Waals surface area contributed by atoms with Crippen LogP contribution in [0.2, 0.25) is 5.02 Å². The Morgan fingerprint density at radius 1 is 1.27 bits per heavy atom. The zero-order chi connectivity index (χ0) is 18.7. The Labute approximate surface area is 158 Å². The first-order valence-corrected chi connectivity index (χ1v) is 9.29. The Kier molecular flexibility index (Phi) is 5.53. The van der Waals surface area contributed by atoms with E-state index in [0.717, 1.165) is 0 Å². The van der Waals surface area contributed by atoms with Crippen molar-refractivity contribution in [2.75, 3.05) is 18.4 Å². The van der Waals surface area contributed by atoms with Gasteiger partial charge in [-0.3, -0.25) is 19.7 Å². The first-order chi connectivity index (χ1) is 12.5. The molecule has 26 heavy (non-hydrogen) atoms. The Morgan fingerprint density at radius 3 is 2.62 bits per heavy atom. The molecular weight excluding hydrogens is 378 g/mol. The minimum Gasteiger partial charge on any atom is -0.338 e.